The number of aromatic nitrogens is 2. The quantitative estimate of drug-likeness (QED) is 0.264. The van der Waals surface area contributed by atoms with Crippen LogP contribution in [-0.4, -0.2) is 35.6 Å². The standard InChI is InChI=1S/C33H29N3O6/c1-20(22-10-12-23(13-11-22)26-6-4-5-7-27(26)32(39)42-3)36-31(38)28-18-24(14-17-29(28)35-33(36)40)30(37)34-19-21-8-15-25(41-2)16-9-21/h4-18,20H,19H2,1-3H3,(H,34,37)(H,35,40). The first kappa shape index (κ1) is 28.1. The van der Waals surface area contributed by atoms with Crippen molar-refractivity contribution < 1.29 is 19.1 Å². The molecule has 42 heavy (non-hydrogen) atoms. The number of fused-ring (bicyclic) bond motifs is 1. The zero-order chi connectivity index (χ0) is 29.8. The van der Waals surface area contributed by atoms with Gasteiger partial charge in [0.1, 0.15) is 5.75 Å². The molecule has 1 aromatic heterocycles. The Morgan fingerprint density at radius 1 is 0.905 bits per heavy atom. The second-order valence-electron chi connectivity index (χ2n) is 9.73. The van der Waals surface area contributed by atoms with E-state index < -0.39 is 23.3 Å². The van der Waals surface area contributed by atoms with Crippen molar-refractivity contribution >= 4 is 22.8 Å². The average molecular weight is 564 g/mol. The van der Waals surface area contributed by atoms with E-state index in [1.165, 1.54) is 13.2 Å². The number of esters is 1. The summed E-state index contributed by atoms with van der Waals surface area (Å²) in [6.07, 6.45) is 0. The molecule has 5 rings (SSSR count). The van der Waals surface area contributed by atoms with Crippen molar-refractivity contribution in [1.29, 1.82) is 0 Å². The minimum absolute atomic E-state index is 0.224. The minimum Gasteiger partial charge on any atom is -0.497 e. The summed E-state index contributed by atoms with van der Waals surface area (Å²) in [7, 11) is 2.92. The highest BCUT2D eigenvalue weighted by Crippen LogP contribution is 2.26. The van der Waals surface area contributed by atoms with E-state index in [2.05, 4.69) is 10.3 Å². The summed E-state index contributed by atoms with van der Waals surface area (Å²) in [4.78, 5) is 54.4. The highest BCUT2D eigenvalue weighted by atomic mass is 16.5. The Hall–Kier alpha value is -5.44. The molecule has 0 spiro atoms. The zero-order valence-corrected chi connectivity index (χ0v) is 23.3. The van der Waals surface area contributed by atoms with Crippen molar-refractivity contribution in [3.63, 3.8) is 0 Å². The Morgan fingerprint density at radius 2 is 1.62 bits per heavy atom. The summed E-state index contributed by atoms with van der Waals surface area (Å²) in [5, 5.41) is 3.08. The molecule has 0 radical (unpaired) electrons. The number of rotatable bonds is 8. The first-order valence-corrected chi connectivity index (χ1v) is 13.3. The molecule has 0 aliphatic rings. The SMILES string of the molecule is COC(=O)c1ccccc1-c1ccc(C(C)n2c(=O)[nH]c3ccc(C(=O)NCc4ccc(OC)cc4)cc3c2=O)cc1. The number of carbonyl (C=O) groups is 2. The Bertz CT molecular complexity index is 1890. The predicted molar refractivity (Wildman–Crippen MR) is 160 cm³/mol. The lowest BCUT2D eigenvalue weighted by molar-refractivity contribution is 0.0601. The highest BCUT2D eigenvalue weighted by Gasteiger charge is 2.18. The predicted octanol–water partition coefficient (Wildman–Crippen LogP) is 4.69. The molecule has 0 aliphatic heterocycles. The molecule has 5 aromatic rings. The van der Waals surface area contributed by atoms with Crippen LogP contribution >= 0.6 is 0 Å². The van der Waals surface area contributed by atoms with E-state index >= 15 is 0 Å². The van der Waals surface area contributed by atoms with Gasteiger partial charge in [0.05, 0.1) is 36.7 Å². The van der Waals surface area contributed by atoms with E-state index in [4.69, 9.17) is 9.47 Å². The lowest BCUT2D eigenvalue weighted by Gasteiger charge is -2.16. The molecule has 4 aromatic carbocycles. The lowest BCUT2D eigenvalue weighted by atomic mass is 9.97. The van der Waals surface area contributed by atoms with Crippen molar-refractivity contribution in [2.45, 2.75) is 19.5 Å². The van der Waals surface area contributed by atoms with Crippen LogP contribution < -0.4 is 21.3 Å². The van der Waals surface area contributed by atoms with Gasteiger partial charge in [-0.2, -0.15) is 0 Å². The third-order valence-electron chi connectivity index (χ3n) is 7.23. The summed E-state index contributed by atoms with van der Waals surface area (Å²) in [6.45, 7) is 2.05. The largest absolute Gasteiger partial charge is 0.497 e. The van der Waals surface area contributed by atoms with Crippen LogP contribution in [0.4, 0.5) is 0 Å². The van der Waals surface area contributed by atoms with Gasteiger partial charge in [-0.25, -0.2) is 9.59 Å². The number of amides is 1. The molecule has 9 heteroatoms. The zero-order valence-electron chi connectivity index (χ0n) is 23.3. The number of aromatic amines is 1. The summed E-state index contributed by atoms with van der Waals surface area (Å²) in [5.41, 5.74) is 3.12. The number of hydrogen-bond donors (Lipinski definition) is 2. The number of methoxy groups -OCH3 is 2. The lowest BCUT2D eigenvalue weighted by Crippen LogP contribution is -2.37. The topological polar surface area (TPSA) is 119 Å². The number of nitrogens with one attached hydrogen (secondary N) is 2. The van der Waals surface area contributed by atoms with Gasteiger partial charge < -0.3 is 19.8 Å². The number of H-pyrrole nitrogens is 1. The fourth-order valence-corrected chi connectivity index (χ4v) is 4.86. The van der Waals surface area contributed by atoms with Gasteiger partial charge in [-0.05, 0) is 65.6 Å². The molecular weight excluding hydrogens is 534 g/mol. The van der Waals surface area contributed by atoms with Gasteiger partial charge in [0, 0.05) is 12.1 Å². The third-order valence-corrected chi connectivity index (χ3v) is 7.23. The van der Waals surface area contributed by atoms with E-state index in [9.17, 15) is 19.2 Å². The van der Waals surface area contributed by atoms with Crippen molar-refractivity contribution in [2.24, 2.45) is 0 Å². The smallest absolute Gasteiger partial charge is 0.338 e. The van der Waals surface area contributed by atoms with Crippen molar-refractivity contribution in [3.8, 4) is 16.9 Å². The van der Waals surface area contributed by atoms with Crippen LogP contribution in [0.2, 0.25) is 0 Å². The van der Waals surface area contributed by atoms with Crippen molar-refractivity contribution in [2.75, 3.05) is 14.2 Å². The molecule has 1 amide bonds. The summed E-state index contributed by atoms with van der Waals surface area (Å²) >= 11 is 0. The molecule has 2 N–H and O–H groups in total. The Labute approximate surface area is 241 Å². The first-order chi connectivity index (χ1) is 20.3. The number of carbonyl (C=O) groups excluding carboxylic acids is 2. The number of nitrogens with zero attached hydrogens (tertiary/aromatic N) is 1. The second kappa shape index (κ2) is 12.0. The molecular formula is C33H29N3O6. The van der Waals surface area contributed by atoms with E-state index in [1.54, 1.807) is 38.3 Å². The minimum atomic E-state index is -0.608. The number of hydrogen-bond acceptors (Lipinski definition) is 6. The molecule has 0 saturated heterocycles. The molecule has 1 atom stereocenters. The van der Waals surface area contributed by atoms with Crippen LogP contribution in [0.25, 0.3) is 22.0 Å². The summed E-state index contributed by atoms with van der Waals surface area (Å²) in [6, 6.07) is 25.8. The summed E-state index contributed by atoms with van der Waals surface area (Å²) < 4.78 is 11.2. The van der Waals surface area contributed by atoms with Crippen LogP contribution in [-0.2, 0) is 11.3 Å². The van der Waals surface area contributed by atoms with Gasteiger partial charge in [0.25, 0.3) is 11.5 Å². The van der Waals surface area contributed by atoms with Crippen LogP contribution in [0.1, 0.15) is 44.8 Å². The molecule has 9 nitrogen and oxygen atoms in total. The monoisotopic (exact) mass is 563 g/mol. The summed E-state index contributed by atoms with van der Waals surface area (Å²) in [5.74, 6) is -0.0641. The van der Waals surface area contributed by atoms with E-state index in [0.29, 0.717) is 28.8 Å². The normalized spacial score (nSPS) is 11.6. The maximum Gasteiger partial charge on any atom is 0.338 e. The number of ether oxygens (including phenoxy) is 2. The fourth-order valence-electron chi connectivity index (χ4n) is 4.86. The van der Waals surface area contributed by atoms with E-state index in [0.717, 1.165) is 27.0 Å². The van der Waals surface area contributed by atoms with E-state index in [-0.39, 0.29) is 11.3 Å². The maximum atomic E-state index is 13.6. The molecule has 0 fully saturated rings. The molecule has 1 unspecified atom stereocenters. The van der Waals surface area contributed by atoms with Gasteiger partial charge in [-0.1, -0.05) is 54.6 Å². The Morgan fingerprint density at radius 3 is 2.31 bits per heavy atom. The van der Waals surface area contributed by atoms with Gasteiger partial charge >= 0.3 is 11.7 Å². The molecule has 1 heterocycles. The fraction of sp³-hybridized carbons (Fsp3) is 0.152. The van der Waals surface area contributed by atoms with Crippen LogP contribution in [0.3, 0.4) is 0 Å². The highest BCUT2D eigenvalue weighted by molar-refractivity contribution is 5.98. The van der Waals surface area contributed by atoms with Gasteiger partial charge in [0.15, 0.2) is 0 Å². The third kappa shape index (κ3) is 5.57. The average Bonchev–Trinajstić information content (AvgIpc) is 3.03. The molecule has 212 valence electrons. The molecule has 0 saturated carbocycles. The van der Waals surface area contributed by atoms with Crippen LogP contribution in [0.15, 0.2) is 101 Å². The Balaban J connectivity index is 1.41. The van der Waals surface area contributed by atoms with Crippen molar-refractivity contribution in [1.82, 2.24) is 14.9 Å². The van der Waals surface area contributed by atoms with Crippen LogP contribution in [0.5, 0.6) is 5.75 Å². The van der Waals surface area contributed by atoms with Crippen LogP contribution in [0, 0.1) is 0 Å². The van der Waals surface area contributed by atoms with E-state index in [1.807, 2.05) is 60.7 Å². The second-order valence-corrected chi connectivity index (χ2v) is 9.73. The molecule has 0 aliphatic carbocycles. The number of benzene rings is 4. The first-order valence-electron chi connectivity index (χ1n) is 13.3. The van der Waals surface area contributed by atoms with Gasteiger partial charge in [-0.3, -0.25) is 14.2 Å². The van der Waals surface area contributed by atoms with Gasteiger partial charge in [-0.15, -0.1) is 0 Å². The van der Waals surface area contributed by atoms with Gasteiger partial charge in [0.2, 0.25) is 0 Å². The van der Waals surface area contributed by atoms with Crippen molar-refractivity contribution in [3.05, 3.63) is 134 Å². The maximum absolute atomic E-state index is 13.6. The Kier molecular flexibility index (Phi) is 8.01. The molecule has 0 bridgehead atoms.